The average Bonchev–Trinajstić information content (AvgIpc) is 2.71. The van der Waals surface area contributed by atoms with Crippen molar-refractivity contribution in [2.24, 2.45) is 0 Å². The molecule has 2 amide bonds. The fourth-order valence-corrected chi connectivity index (χ4v) is 2.36. The van der Waals surface area contributed by atoms with Gasteiger partial charge in [-0.15, -0.1) is 0 Å². The Morgan fingerprint density at radius 3 is 2.32 bits per heavy atom. The summed E-state index contributed by atoms with van der Waals surface area (Å²) in [6.07, 6.45) is -0.233. The normalized spacial score (nSPS) is 11.3. The molecule has 0 saturated carbocycles. The highest BCUT2D eigenvalue weighted by Crippen LogP contribution is 2.27. The molecule has 8 heteroatoms. The molecule has 0 saturated heterocycles. The Kier molecular flexibility index (Phi) is 7.62. The minimum atomic E-state index is -0.864. The van der Waals surface area contributed by atoms with Crippen molar-refractivity contribution in [1.29, 1.82) is 0 Å². The van der Waals surface area contributed by atoms with E-state index in [4.69, 9.17) is 14.2 Å². The number of hydrogen-bond acceptors (Lipinski definition) is 5. The maximum atomic E-state index is 12.9. The predicted octanol–water partition coefficient (Wildman–Crippen LogP) is 2.39. The molecule has 1 unspecified atom stereocenters. The summed E-state index contributed by atoms with van der Waals surface area (Å²) in [6, 6.07) is 10.7. The van der Waals surface area contributed by atoms with Crippen LogP contribution >= 0.6 is 0 Å². The van der Waals surface area contributed by atoms with Crippen LogP contribution in [0.15, 0.2) is 42.5 Å². The van der Waals surface area contributed by atoms with Crippen LogP contribution in [0.25, 0.3) is 0 Å². The van der Waals surface area contributed by atoms with Gasteiger partial charge in [-0.1, -0.05) is 6.07 Å². The summed E-state index contributed by atoms with van der Waals surface area (Å²) in [5, 5.41) is 0. The van der Waals surface area contributed by atoms with E-state index >= 15 is 0 Å². The number of aryl methyl sites for hydroxylation is 1. The lowest BCUT2D eigenvalue weighted by molar-refractivity contribution is -0.132. The van der Waals surface area contributed by atoms with Crippen LogP contribution in [-0.4, -0.2) is 32.1 Å². The fourth-order valence-electron chi connectivity index (χ4n) is 2.36. The number of carbonyl (C=O) groups is 2. The number of halogens is 1. The highest BCUT2D eigenvalue weighted by atomic mass is 19.1. The molecular weight excluding hydrogens is 367 g/mol. The van der Waals surface area contributed by atoms with E-state index in [0.717, 1.165) is 5.56 Å². The van der Waals surface area contributed by atoms with Gasteiger partial charge in [-0.3, -0.25) is 20.4 Å². The van der Waals surface area contributed by atoms with E-state index in [1.165, 1.54) is 31.2 Å². The first-order valence-electron chi connectivity index (χ1n) is 8.64. The monoisotopic (exact) mass is 390 g/mol. The van der Waals surface area contributed by atoms with Crippen LogP contribution in [-0.2, 0) is 16.0 Å². The smallest absolute Gasteiger partial charge is 0.279 e. The molecule has 0 aromatic heterocycles. The molecule has 0 aliphatic rings. The van der Waals surface area contributed by atoms with Gasteiger partial charge in [-0.25, -0.2) is 4.39 Å². The highest BCUT2D eigenvalue weighted by molar-refractivity contribution is 5.84. The molecule has 0 fully saturated rings. The van der Waals surface area contributed by atoms with Crippen molar-refractivity contribution in [3.63, 3.8) is 0 Å². The second-order valence-corrected chi connectivity index (χ2v) is 5.94. The fraction of sp³-hybridized carbons (Fsp3) is 0.300. The van der Waals surface area contributed by atoms with Crippen LogP contribution in [0.2, 0.25) is 0 Å². The molecular formula is C20H23FN2O5. The molecule has 7 nitrogen and oxygen atoms in total. The van der Waals surface area contributed by atoms with Crippen molar-refractivity contribution in [3.8, 4) is 17.2 Å². The lowest BCUT2D eigenvalue weighted by Crippen LogP contribution is -2.47. The second kappa shape index (κ2) is 10.1. The Bertz CT molecular complexity index is 811. The SMILES string of the molecule is COc1ccc(CCC(=O)NNC(=O)C(C)Oc2ccc(F)cc2)cc1OC. The third kappa shape index (κ3) is 6.15. The van der Waals surface area contributed by atoms with E-state index in [-0.39, 0.29) is 12.3 Å². The van der Waals surface area contributed by atoms with Crippen molar-refractivity contribution in [2.45, 2.75) is 25.9 Å². The minimum absolute atomic E-state index is 0.170. The van der Waals surface area contributed by atoms with E-state index in [0.29, 0.717) is 23.7 Å². The van der Waals surface area contributed by atoms with Gasteiger partial charge >= 0.3 is 0 Å². The van der Waals surface area contributed by atoms with Crippen molar-refractivity contribution < 1.29 is 28.2 Å². The van der Waals surface area contributed by atoms with Crippen LogP contribution in [0.3, 0.4) is 0 Å². The first-order valence-corrected chi connectivity index (χ1v) is 8.64. The summed E-state index contributed by atoms with van der Waals surface area (Å²) in [4.78, 5) is 23.9. The summed E-state index contributed by atoms with van der Waals surface area (Å²) in [5.74, 6) is 0.273. The molecule has 0 spiro atoms. The average molecular weight is 390 g/mol. The Morgan fingerprint density at radius 2 is 1.68 bits per heavy atom. The molecule has 0 aliphatic carbocycles. The Balaban J connectivity index is 1.77. The molecule has 28 heavy (non-hydrogen) atoms. The molecule has 2 aromatic rings. The quantitative estimate of drug-likeness (QED) is 0.676. The molecule has 2 aromatic carbocycles. The molecule has 0 heterocycles. The number of amides is 2. The van der Waals surface area contributed by atoms with E-state index in [1.807, 2.05) is 6.07 Å². The predicted molar refractivity (Wildman–Crippen MR) is 101 cm³/mol. The topological polar surface area (TPSA) is 85.9 Å². The number of hydrazine groups is 1. The molecule has 150 valence electrons. The van der Waals surface area contributed by atoms with E-state index in [2.05, 4.69) is 10.9 Å². The zero-order valence-electron chi connectivity index (χ0n) is 16.0. The van der Waals surface area contributed by atoms with Gasteiger partial charge < -0.3 is 14.2 Å². The Morgan fingerprint density at radius 1 is 1.00 bits per heavy atom. The third-order valence-corrected chi connectivity index (χ3v) is 3.91. The van der Waals surface area contributed by atoms with Crippen LogP contribution in [0, 0.1) is 5.82 Å². The summed E-state index contributed by atoms with van der Waals surface area (Å²) < 4.78 is 28.7. The van der Waals surface area contributed by atoms with Crippen molar-refractivity contribution in [1.82, 2.24) is 10.9 Å². The second-order valence-electron chi connectivity index (χ2n) is 5.94. The van der Waals surface area contributed by atoms with Crippen molar-refractivity contribution in [2.75, 3.05) is 14.2 Å². The number of hydrogen-bond donors (Lipinski definition) is 2. The Labute approximate surface area is 162 Å². The Hall–Kier alpha value is -3.29. The maximum absolute atomic E-state index is 12.9. The van der Waals surface area contributed by atoms with E-state index < -0.39 is 17.8 Å². The number of benzene rings is 2. The van der Waals surface area contributed by atoms with Crippen LogP contribution < -0.4 is 25.1 Å². The van der Waals surface area contributed by atoms with Gasteiger partial charge in [-0.2, -0.15) is 0 Å². The number of ether oxygens (including phenoxy) is 3. The number of carbonyl (C=O) groups excluding carboxylic acids is 2. The lowest BCUT2D eigenvalue weighted by atomic mass is 10.1. The van der Waals surface area contributed by atoms with Gasteiger partial charge in [0, 0.05) is 6.42 Å². The molecule has 2 rings (SSSR count). The highest BCUT2D eigenvalue weighted by Gasteiger charge is 2.15. The van der Waals surface area contributed by atoms with Gasteiger partial charge in [0.25, 0.3) is 5.91 Å². The molecule has 1 atom stereocenters. The summed E-state index contributed by atoms with van der Waals surface area (Å²) in [5.41, 5.74) is 5.55. The lowest BCUT2D eigenvalue weighted by Gasteiger charge is -2.15. The van der Waals surface area contributed by atoms with Crippen molar-refractivity contribution in [3.05, 3.63) is 53.8 Å². The number of methoxy groups -OCH3 is 2. The van der Waals surface area contributed by atoms with Crippen molar-refractivity contribution >= 4 is 11.8 Å². The number of nitrogens with one attached hydrogen (secondary N) is 2. The molecule has 0 radical (unpaired) electrons. The maximum Gasteiger partial charge on any atom is 0.279 e. The third-order valence-electron chi connectivity index (χ3n) is 3.91. The van der Waals surface area contributed by atoms with Gasteiger partial charge in [0.15, 0.2) is 17.6 Å². The molecule has 0 bridgehead atoms. The van der Waals surface area contributed by atoms with Gasteiger partial charge in [0.2, 0.25) is 5.91 Å². The zero-order valence-corrected chi connectivity index (χ0v) is 16.0. The zero-order chi connectivity index (χ0) is 20.5. The van der Waals surface area contributed by atoms with Gasteiger partial charge in [0.1, 0.15) is 11.6 Å². The summed E-state index contributed by atoms with van der Waals surface area (Å²) >= 11 is 0. The largest absolute Gasteiger partial charge is 0.493 e. The minimum Gasteiger partial charge on any atom is -0.493 e. The number of rotatable bonds is 8. The van der Waals surface area contributed by atoms with Crippen LogP contribution in [0.1, 0.15) is 18.9 Å². The standard InChI is InChI=1S/C20H23FN2O5/c1-13(28-16-8-6-15(21)7-9-16)20(25)23-22-19(24)11-5-14-4-10-17(26-2)18(12-14)27-3/h4,6-10,12-13H,5,11H2,1-3H3,(H,22,24)(H,23,25). The van der Waals surface area contributed by atoms with Gasteiger partial charge in [0.05, 0.1) is 14.2 Å². The van der Waals surface area contributed by atoms with Crippen LogP contribution in [0.4, 0.5) is 4.39 Å². The first-order chi connectivity index (χ1) is 13.4. The van der Waals surface area contributed by atoms with E-state index in [1.54, 1.807) is 26.4 Å². The summed E-state index contributed by atoms with van der Waals surface area (Å²) in [7, 11) is 3.09. The summed E-state index contributed by atoms with van der Waals surface area (Å²) in [6.45, 7) is 1.52. The van der Waals surface area contributed by atoms with E-state index in [9.17, 15) is 14.0 Å². The van der Waals surface area contributed by atoms with Gasteiger partial charge in [-0.05, 0) is 55.3 Å². The first kappa shape index (κ1) is 21.0. The molecule has 0 aliphatic heterocycles. The molecule has 2 N–H and O–H groups in total. The van der Waals surface area contributed by atoms with Crippen LogP contribution in [0.5, 0.6) is 17.2 Å².